The Morgan fingerprint density at radius 2 is 1.50 bits per heavy atom. The van der Waals surface area contributed by atoms with Gasteiger partial charge in [-0.2, -0.15) is 10.5 Å². The van der Waals surface area contributed by atoms with Gasteiger partial charge in [0.25, 0.3) is 0 Å². The van der Waals surface area contributed by atoms with E-state index in [9.17, 15) is 9.59 Å². The summed E-state index contributed by atoms with van der Waals surface area (Å²) < 4.78 is 10.3. The Hall–Kier alpha value is -4.18. The first-order valence-corrected chi connectivity index (χ1v) is 11.4. The fourth-order valence-electron chi connectivity index (χ4n) is 2.54. The highest BCUT2D eigenvalue weighted by molar-refractivity contribution is 5.75. The average molecular weight is 495 g/mol. The lowest BCUT2D eigenvalue weighted by atomic mass is 10.2. The van der Waals surface area contributed by atoms with Gasteiger partial charge in [0, 0.05) is 25.4 Å². The van der Waals surface area contributed by atoms with Crippen LogP contribution in [0.15, 0.2) is 36.7 Å². The Labute approximate surface area is 212 Å². The lowest BCUT2D eigenvalue weighted by molar-refractivity contribution is -0.155. The zero-order valence-corrected chi connectivity index (χ0v) is 21.7. The summed E-state index contributed by atoms with van der Waals surface area (Å²) in [6.45, 7) is 11.6. The minimum Gasteiger partial charge on any atom is -0.460 e. The van der Waals surface area contributed by atoms with Crippen LogP contribution in [0.5, 0.6) is 0 Å². The highest BCUT2D eigenvalue weighted by Gasteiger charge is 2.16. The summed E-state index contributed by atoms with van der Waals surface area (Å²) in [6, 6.07) is 10.6. The normalized spacial score (nSPS) is 10.6. The molecule has 0 aromatic carbocycles. The minimum atomic E-state index is -0.499. The van der Waals surface area contributed by atoms with Gasteiger partial charge in [0.05, 0.1) is 17.2 Å². The number of hydrogen-bond donors (Lipinski definition) is 2. The van der Waals surface area contributed by atoms with Crippen LogP contribution in [-0.4, -0.2) is 46.2 Å². The number of hydrogen-bond acceptors (Lipinski definition) is 10. The van der Waals surface area contributed by atoms with Gasteiger partial charge in [-0.25, -0.2) is 9.97 Å². The number of nitriles is 2. The van der Waals surface area contributed by atoms with Gasteiger partial charge in [-0.3, -0.25) is 9.59 Å². The molecule has 0 amide bonds. The second kappa shape index (κ2) is 14.3. The Kier molecular flexibility index (Phi) is 11.8. The van der Waals surface area contributed by atoms with Gasteiger partial charge in [0.1, 0.15) is 35.5 Å². The number of aromatic nitrogens is 2. The van der Waals surface area contributed by atoms with Gasteiger partial charge in [-0.15, -0.1) is 0 Å². The van der Waals surface area contributed by atoms with E-state index < -0.39 is 11.2 Å². The van der Waals surface area contributed by atoms with E-state index in [0.717, 1.165) is 0 Å². The number of nitrogens with zero attached hydrogens (tertiary/aromatic N) is 4. The predicted octanol–water partition coefficient (Wildman–Crippen LogP) is 4.19. The monoisotopic (exact) mass is 494 g/mol. The first-order chi connectivity index (χ1) is 16.8. The number of carbonyl (C=O) groups excluding carboxylic acids is 2. The van der Waals surface area contributed by atoms with E-state index in [1.807, 2.05) is 32.9 Å². The predicted molar refractivity (Wildman–Crippen MR) is 136 cm³/mol. The van der Waals surface area contributed by atoms with Crippen LogP contribution >= 0.6 is 0 Å². The van der Waals surface area contributed by atoms with Gasteiger partial charge in [-0.1, -0.05) is 0 Å². The Balaban J connectivity index is 0.000000362. The summed E-state index contributed by atoms with van der Waals surface area (Å²) in [4.78, 5) is 30.9. The van der Waals surface area contributed by atoms with Crippen LogP contribution < -0.4 is 10.6 Å². The summed E-state index contributed by atoms with van der Waals surface area (Å²) >= 11 is 0. The molecule has 0 atom stereocenters. The molecule has 0 radical (unpaired) electrons. The summed E-state index contributed by atoms with van der Waals surface area (Å²) in [5, 5.41) is 23.2. The summed E-state index contributed by atoms with van der Waals surface area (Å²) in [6.07, 6.45) is 4.07. The van der Waals surface area contributed by atoms with Crippen molar-refractivity contribution in [3.05, 3.63) is 47.8 Å². The third-order valence-electron chi connectivity index (χ3n) is 3.90. The molecule has 36 heavy (non-hydrogen) atoms. The summed E-state index contributed by atoms with van der Waals surface area (Å²) in [5.41, 5.74) is 0.0888. The van der Waals surface area contributed by atoms with E-state index in [1.54, 1.807) is 45.0 Å². The molecular formula is C26H34N6O4. The zero-order chi connectivity index (χ0) is 27.2. The molecule has 0 aliphatic heterocycles. The molecule has 2 N–H and O–H groups in total. The second-order valence-corrected chi connectivity index (χ2v) is 9.64. The number of ether oxygens (including phenoxy) is 2. The first-order valence-electron chi connectivity index (χ1n) is 11.4. The van der Waals surface area contributed by atoms with Crippen molar-refractivity contribution in [3.63, 3.8) is 0 Å². The molecule has 0 aliphatic rings. The SMILES string of the molecule is CC(C)(C)OC(=O)CCCNc1ccc(C#N)cn1.CC(C)(C)OC(=O)CNc1cc(C#N)ccn1. The van der Waals surface area contributed by atoms with Crippen molar-refractivity contribution in [3.8, 4) is 12.1 Å². The zero-order valence-electron chi connectivity index (χ0n) is 21.7. The van der Waals surface area contributed by atoms with Crippen LogP contribution in [0.2, 0.25) is 0 Å². The smallest absolute Gasteiger partial charge is 0.325 e. The lowest BCUT2D eigenvalue weighted by Crippen LogP contribution is -2.28. The molecule has 10 nitrogen and oxygen atoms in total. The molecule has 10 heteroatoms. The molecule has 0 spiro atoms. The molecule has 2 aromatic heterocycles. The average Bonchev–Trinajstić information content (AvgIpc) is 2.79. The fourth-order valence-corrected chi connectivity index (χ4v) is 2.54. The van der Waals surface area contributed by atoms with E-state index >= 15 is 0 Å². The van der Waals surface area contributed by atoms with Crippen LogP contribution in [0.3, 0.4) is 0 Å². The number of anilines is 2. The van der Waals surface area contributed by atoms with Crippen LogP contribution in [-0.2, 0) is 19.1 Å². The molecule has 0 bridgehead atoms. The standard InChI is InChI=1S/C14H19N3O2.C12H15N3O2/c1-14(2,3)19-13(18)5-4-8-16-12-7-6-11(9-15)10-17-12;1-12(2,3)17-11(16)8-15-10-6-9(7-13)4-5-14-10/h6-7,10H,4-5,8H2,1-3H3,(H,16,17);4-6H,8H2,1-3H3,(H,14,15). The third kappa shape index (κ3) is 14.2. The van der Waals surface area contributed by atoms with E-state index in [0.29, 0.717) is 42.1 Å². The molecule has 2 heterocycles. The maximum absolute atomic E-state index is 11.5. The van der Waals surface area contributed by atoms with Crippen molar-refractivity contribution in [1.29, 1.82) is 10.5 Å². The molecule has 0 unspecified atom stereocenters. The van der Waals surface area contributed by atoms with Crippen molar-refractivity contribution in [2.45, 2.75) is 65.6 Å². The van der Waals surface area contributed by atoms with Crippen molar-refractivity contribution in [2.75, 3.05) is 23.7 Å². The van der Waals surface area contributed by atoms with Crippen LogP contribution in [0, 0.1) is 22.7 Å². The molecule has 0 aliphatic carbocycles. The summed E-state index contributed by atoms with van der Waals surface area (Å²) in [7, 11) is 0. The van der Waals surface area contributed by atoms with Crippen molar-refractivity contribution >= 4 is 23.6 Å². The van der Waals surface area contributed by atoms with Crippen LogP contribution in [0.4, 0.5) is 11.6 Å². The van der Waals surface area contributed by atoms with Crippen molar-refractivity contribution in [1.82, 2.24) is 9.97 Å². The number of carbonyl (C=O) groups is 2. The van der Waals surface area contributed by atoms with Gasteiger partial charge < -0.3 is 20.1 Å². The van der Waals surface area contributed by atoms with Crippen LogP contribution in [0.25, 0.3) is 0 Å². The molecule has 2 aromatic rings. The lowest BCUT2D eigenvalue weighted by Gasteiger charge is -2.19. The Bertz CT molecular complexity index is 1070. The number of nitrogens with one attached hydrogen (secondary N) is 2. The highest BCUT2D eigenvalue weighted by atomic mass is 16.6. The molecule has 0 saturated carbocycles. The van der Waals surface area contributed by atoms with Crippen molar-refractivity contribution < 1.29 is 19.1 Å². The quantitative estimate of drug-likeness (QED) is 0.404. The summed E-state index contributed by atoms with van der Waals surface area (Å²) in [5.74, 6) is 0.627. The number of esters is 2. The Morgan fingerprint density at radius 1 is 0.861 bits per heavy atom. The molecule has 192 valence electrons. The number of rotatable bonds is 8. The van der Waals surface area contributed by atoms with Gasteiger partial charge in [0.15, 0.2) is 0 Å². The van der Waals surface area contributed by atoms with Crippen LogP contribution in [0.1, 0.15) is 65.5 Å². The van der Waals surface area contributed by atoms with Gasteiger partial charge in [0.2, 0.25) is 0 Å². The van der Waals surface area contributed by atoms with Gasteiger partial charge in [-0.05, 0) is 72.2 Å². The Morgan fingerprint density at radius 3 is 2.06 bits per heavy atom. The molecule has 2 rings (SSSR count). The molecule has 0 saturated heterocycles. The molecular weight excluding hydrogens is 460 g/mol. The van der Waals surface area contributed by atoms with E-state index in [1.165, 1.54) is 12.4 Å². The maximum Gasteiger partial charge on any atom is 0.325 e. The maximum atomic E-state index is 11.5. The van der Waals surface area contributed by atoms with E-state index in [-0.39, 0.29) is 18.5 Å². The largest absolute Gasteiger partial charge is 0.460 e. The highest BCUT2D eigenvalue weighted by Crippen LogP contribution is 2.10. The topological polar surface area (TPSA) is 150 Å². The second-order valence-electron chi connectivity index (χ2n) is 9.64. The van der Waals surface area contributed by atoms with Gasteiger partial charge >= 0.3 is 11.9 Å². The first kappa shape index (κ1) is 29.9. The molecule has 0 fully saturated rings. The van der Waals surface area contributed by atoms with E-state index in [4.69, 9.17) is 20.0 Å². The third-order valence-corrected chi connectivity index (χ3v) is 3.90. The van der Waals surface area contributed by atoms with E-state index in [2.05, 4.69) is 20.6 Å². The fraction of sp³-hybridized carbons (Fsp3) is 0.462. The van der Waals surface area contributed by atoms with Crippen molar-refractivity contribution in [2.24, 2.45) is 0 Å². The minimum absolute atomic E-state index is 0.0269. The number of pyridine rings is 2.